The quantitative estimate of drug-likeness (QED) is 0.865. The molecule has 3 N–H and O–H groups in total. The second-order valence-electron chi connectivity index (χ2n) is 4.28. The number of benzene rings is 2. The Morgan fingerprint density at radius 1 is 1.05 bits per heavy atom. The summed E-state index contributed by atoms with van der Waals surface area (Å²) in [6.07, 6.45) is 0. The highest BCUT2D eigenvalue weighted by molar-refractivity contribution is 9.10. The zero-order valence-electron chi connectivity index (χ0n) is 10.7. The zero-order chi connectivity index (χ0) is 14.6. The van der Waals surface area contributed by atoms with Crippen LogP contribution in [0.4, 0.5) is 0 Å². The minimum atomic E-state index is -3.55. The van der Waals surface area contributed by atoms with E-state index in [0.29, 0.717) is 11.0 Å². The van der Waals surface area contributed by atoms with Crippen LogP contribution in [0.15, 0.2) is 57.9 Å². The summed E-state index contributed by atoms with van der Waals surface area (Å²) < 4.78 is 27.6. The van der Waals surface area contributed by atoms with E-state index in [-0.39, 0.29) is 11.4 Å². The van der Waals surface area contributed by atoms with Crippen molar-refractivity contribution in [3.8, 4) is 0 Å². The van der Waals surface area contributed by atoms with Gasteiger partial charge in [0.25, 0.3) is 0 Å². The first-order valence-electron chi connectivity index (χ1n) is 6.05. The second kappa shape index (κ2) is 6.49. The average molecular weight is 355 g/mol. The van der Waals surface area contributed by atoms with Gasteiger partial charge in [-0.3, -0.25) is 0 Å². The van der Waals surface area contributed by atoms with Crippen LogP contribution in [-0.4, -0.2) is 8.42 Å². The molecule has 20 heavy (non-hydrogen) atoms. The van der Waals surface area contributed by atoms with E-state index in [4.69, 9.17) is 5.73 Å². The van der Waals surface area contributed by atoms with Gasteiger partial charge in [-0.15, -0.1) is 0 Å². The fourth-order valence-corrected chi connectivity index (χ4v) is 3.88. The predicted octanol–water partition coefficient (Wildman–Crippen LogP) is 2.39. The highest BCUT2D eigenvalue weighted by Gasteiger charge is 2.17. The normalized spacial score (nSPS) is 11.5. The fourth-order valence-electron chi connectivity index (χ4n) is 1.74. The Morgan fingerprint density at radius 2 is 1.75 bits per heavy atom. The lowest BCUT2D eigenvalue weighted by molar-refractivity contribution is 0.581. The van der Waals surface area contributed by atoms with Gasteiger partial charge in [0.2, 0.25) is 10.0 Å². The first kappa shape index (κ1) is 15.2. The van der Waals surface area contributed by atoms with E-state index < -0.39 is 10.0 Å². The van der Waals surface area contributed by atoms with E-state index in [2.05, 4.69) is 20.7 Å². The standard InChI is InChI=1S/C14H15BrN2O2S/c15-13-8-12(9-16)6-7-14(13)20(18,19)17-10-11-4-2-1-3-5-11/h1-8,17H,9-10,16H2. The van der Waals surface area contributed by atoms with Crippen LogP contribution in [0.25, 0.3) is 0 Å². The number of sulfonamides is 1. The van der Waals surface area contributed by atoms with Crippen molar-refractivity contribution in [2.75, 3.05) is 0 Å². The van der Waals surface area contributed by atoms with Crippen LogP contribution in [0.3, 0.4) is 0 Å². The van der Waals surface area contributed by atoms with E-state index >= 15 is 0 Å². The molecule has 0 aliphatic heterocycles. The van der Waals surface area contributed by atoms with Crippen molar-refractivity contribution >= 4 is 26.0 Å². The molecule has 0 aromatic heterocycles. The maximum absolute atomic E-state index is 12.3. The largest absolute Gasteiger partial charge is 0.326 e. The molecule has 2 rings (SSSR count). The number of nitrogens with one attached hydrogen (secondary N) is 1. The van der Waals surface area contributed by atoms with Gasteiger partial charge in [0.15, 0.2) is 0 Å². The van der Waals surface area contributed by atoms with Crippen LogP contribution in [-0.2, 0) is 23.1 Å². The molecule has 2 aromatic rings. The minimum Gasteiger partial charge on any atom is -0.326 e. The molecular weight excluding hydrogens is 340 g/mol. The van der Waals surface area contributed by atoms with Gasteiger partial charge in [0.1, 0.15) is 0 Å². The van der Waals surface area contributed by atoms with Crippen molar-refractivity contribution in [3.63, 3.8) is 0 Å². The lowest BCUT2D eigenvalue weighted by Gasteiger charge is -2.09. The summed E-state index contributed by atoms with van der Waals surface area (Å²) >= 11 is 3.28. The summed E-state index contributed by atoms with van der Waals surface area (Å²) in [5.41, 5.74) is 7.31. The number of rotatable bonds is 5. The van der Waals surface area contributed by atoms with Crippen molar-refractivity contribution in [2.24, 2.45) is 5.73 Å². The molecule has 106 valence electrons. The molecule has 0 unspecified atom stereocenters. The van der Waals surface area contributed by atoms with Gasteiger partial charge in [0, 0.05) is 17.6 Å². The Hall–Kier alpha value is -1.21. The molecule has 0 spiro atoms. The maximum Gasteiger partial charge on any atom is 0.241 e. The SMILES string of the molecule is NCc1ccc(S(=O)(=O)NCc2ccccc2)c(Br)c1. The molecule has 0 heterocycles. The lowest BCUT2D eigenvalue weighted by Crippen LogP contribution is -2.23. The summed E-state index contributed by atoms with van der Waals surface area (Å²) in [6, 6.07) is 14.4. The van der Waals surface area contributed by atoms with Gasteiger partial charge in [-0.2, -0.15) is 0 Å². The third-order valence-electron chi connectivity index (χ3n) is 2.83. The molecule has 2 aromatic carbocycles. The zero-order valence-corrected chi connectivity index (χ0v) is 13.1. The molecule has 0 amide bonds. The first-order chi connectivity index (χ1) is 9.53. The van der Waals surface area contributed by atoms with Gasteiger partial charge in [-0.1, -0.05) is 36.4 Å². The monoisotopic (exact) mass is 354 g/mol. The molecule has 0 radical (unpaired) electrons. The minimum absolute atomic E-state index is 0.214. The molecule has 0 saturated carbocycles. The molecule has 4 nitrogen and oxygen atoms in total. The molecular formula is C14H15BrN2O2S. The van der Waals surface area contributed by atoms with Crippen LogP contribution in [0.1, 0.15) is 11.1 Å². The molecule has 0 atom stereocenters. The maximum atomic E-state index is 12.3. The molecule has 6 heteroatoms. The number of hydrogen-bond donors (Lipinski definition) is 2. The summed E-state index contributed by atoms with van der Waals surface area (Å²) in [5, 5.41) is 0. The van der Waals surface area contributed by atoms with Crippen LogP contribution < -0.4 is 10.5 Å². The Kier molecular flexibility index (Phi) is 4.93. The summed E-state index contributed by atoms with van der Waals surface area (Å²) in [5.74, 6) is 0. The number of halogens is 1. The third-order valence-corrected chi connectivity index (χ3v) is 5.21. The van der Waals surface area contributed by atoms with Crippen molar-refractivity contribution in [1.82, 2.24) is 4.72 Å². The van der Waals surface area contributed by atoms with Gasteiger partial charge in [-0.05, 0) is 39.2 Å². The molecule has 0 fully saturated rings. The Labute approximate surface area is 127 Å². The molecule has 0 aliphatic rings. The van der Waals surface area contributed by atoms with Crippen molar-refractivity contribution in [1.29, 1.82) is 0 Å². The highest BCUT2D eigenvalue weighted by Crippen LogP contribution is 2.23. The first-order valence-corrected chi connectivity index (χ1v) is 8.32. The van der Waals surface area contributed by atoms with Crippen molar-refractivity contribution in [3.05, 3.63) is 64.1 Å². The predicted molar refractivity (Wildman–Crippen MR) is 82.5 cm³/mol. The highest BCUT2D eigenvalue weighted by atomic mass is 79.9. The van der Waals surface area contributed by atoms with Crippen molar-refractivity contribution < 1.29 is 8.42 Å². The van der Waals surface area contributed by atoms with Crippen LogP contribution in [0.5, 0.6) is 0 Å². The van der Waals surface area contributed by atoms with Gasteiger partial charge in [0.05, 0.1) is 4.90 Å². The van der Waals surface area contributed by atoms with Gasteiger partial charge < -0.3 is 5.73 Å². The van der Waals surface area contributed by atoms with E-state index in [0.717, 1.165) is 11.1 Å². The fraction of sp³-hybridized carbons (Fsp3) is 0.143. The Balaban J connectivity index is 2.18. The van der Waals surface area contributed by atoms with E-state index in [1.165, 1.54) is 0 Å². The van der Waals surface area contributed by atoms with Crippen LogP contribution >= 0.6 is 15.9 Å². The molecule has 0 bridgehead atoms. The second-order valence-corrected chi connectivity index (χ2v) is 6.87. The Morgan fingerprint density at radius 3 is 2.35 bits per heavy atom. The number of nitrogens with two attached hydrogens (primary N) is 1. The van der Waals surface area contributed by atoms with Gasteiger partial charge >= 0.3 is 0 Å². The third kappa shape index (κ3) is 3.67. The van der Waals surface area contributed by atoms with Gasteiger partial charge in [-0.25, -0.2) is 13.1 Å². The van der Waals surface area contributed by atoms with E-state index in [1.807, 2.05) is 30.3 Å². The van der Waals surface area contributed by atoms with E-state index in [9.17, 15) is 8.42 Å². The Bertz CT molecular complexity index is 688. The summed E-state index contributed by atoms with van der Waals surface area (Å²) in [6.45, 7) is 0.630. The van der Waals surface area contributed by atoms with E-state index in [1.54, 1.807) is 18.2 Å². The number of hydrogen-bond acceptors (Lipinski definition) is 3. The van der Waals surface area contributed by atoms with Crippen LogP contribution in [0, 0.1) is 0 Å². The smallest absolute Gasteiger partial charge is 0.241 e. The summed E-state index contributed by atoms with van der Waals surface area (Å²) in [4.78, 5) is 0.214. The molecule has 0 aliphatic carbocycles. The lowest BCUT2D eigenvalue weighted by atomic mass is 10.2. The van der Waals surface area contributed by atoms with Crippen LogP contribution in [0.2, 0.25) is 0 Å². The topological polar surface area (TPSA) is 72.2 Å². The van der Waals surface area contributed by atoms with Crippen molar-refractivity contribution in [2.45, 2.75) is 18.0 Å². The molecule has 0 saturated heterocycles. The summed E-state index contributed by atoms with van der Waals surface area (Å²) in [7, 11) is -3.55. The average Bonchev–Trinajstić information content (AvgIpc) is 2.46.